The van der Waals surface area contributed by atoms with E-state index in [1.54, 1.807) is 48.5 Å². The summed E-state index contributed by atoms with van der Waals surface area (Å²) in [6.45, 7) is 0.509. The van der Waals surface area contributed by atoms with Gasteiger partial charge in [-0.1, -0.05) is 48.9 Å². The highest BCUT2D eigenvalue weighted by molar-refractivity contribution is 5.97. The largest absolute Gasteiger partial charge is 0.485 e. The van der Waals surface area contributed by atoms with E-state index in [4.69, 9.17) is 20.9 Å². The molecule has 2 aromatic rings. The van der Waals surface area contributed by atoms with Gasteiger partial charge in [-0.2, -0.15) is 0 Å². The van der Waals surface area contributed by atoms with Crippen molar-refractivity contribution in [3.63, 3.8) is 0 Å². The van der Waals surface area contributed by atoms with Crippen molar-refractivity contribution in [1.82, 2.24) is 5.32 Å². The topological polar surface area (TPSA) is 151 Å². The lowest BCUT2D eigenvalue weighted by molar-refractivity contribution is -0.173. The van der Waals surface area contributed by atoms with E-state index in [2.05, 4.69) is 5.32 Å². The molecular formula is C32H41N3O6. The SMILES string of the molecule is NCC1CCC(C(=O)N[C@@H](Cc2ccc(OCC(=O)c3ccccc3)cc2)C(=O)OC2(C(N)=O)CCCCC2)CC1. The first-order valence-corrected chi connectivity index (χ1v) is 14.6. The van der Waals surface area contributed by atoms with Crippen molar-refractivity contribution in [1.29, 1.82) is 0 Å². The maximum Gasteiger partial charge on any atom is 0.330 e. The Balaban J connectivity index is 1.43. The number of carbonyl (C=O) groups is 4. The van der Waals surface area contributed by atoms with Crippen LogP contribution >= 0.6 is 0 Å². The second kappa shape index (κ2) is 14.3. The summed E-state index contributed by atoms with van der Waals surface area (Å²) in [5.41, 5.74) is 11.5. The van der Waals surface area contributed by atoms with Gasteiger partial charge in [0.15, 0.2) is 18.0 Å². The number of ether oxygens (including phenoxy) is 2. The quantitative estimate of drug-likeness (QED) is 0.264. The third kappa shape index (κ3) is 8.16. The zero-order valence-corrected chi connectivity index (χ0v) is 23.5. The lowest BCUT2D eigenvalue weighted by Gasteiger charge is -2.35. The number of nitrogens with one attached hydrogen (secondary N) is 1. The molecule has 1 atom stereocenters. The average Bonchev–Trinajstić information content (AvgIpc) is 3.01. The van der Waals surface area contributed by atoms with Crippen molar-refractivity contribution in [2.24, 2.45) is 23.3 Å². The molecule has 2 amide bonds. The highest BCUT2D eigenvalue weighted by Crippen LogP contribution is 2.32. The standard InChI is InChI=1S/C32H41N3O6/c33-20-23-9-13-25(14-10-23)29(37)35-27(30(38)41-32(31(34)39)17-5-2-6-18-32)19-22-11-15-26(16-12-22)40-21-28(36)24-7-3-1-4-8-24/h1,3-4,7-8,11-12,15-16,23,25,27H,2,5-6,9-10,13-14,17-21,33H2,(H2,34,39)(H,35,37)/t23?,25?,27-/m0/s1. The molecular weight excluding hydrogens is 522 g/mol. The summed E-state index contributed by atoms with van der Waals surface area (Å²) in [5, 5.41) is 2.91. The summed E-state index contributed by atoms with van der Waals surface area (Å²) in [4.78, 5) is 51.5. The molecule has 9 nitrogen and oxygen atoms in total. The number of hydrogen-bond acceptors (Lipinski definition) is 7. The Bertz CT molecular complexity index is 1190. The fourth-order valence-corrected chi connectivity index (χ4v) is 5.74. The Morgan fingerprint density at radius 1 is 0.902 bits per heavy atom. The smallest absolute Gasteiger partial charge is 0.330 e. The molecule has 0 heterocycles. The van der Waals surface area contributed by atoms with E-state index in [-0.39, 0.29) is 30.6 Å². The molecule has 0 aromatic heterocycles. The van der Waals surface area contributed by atoms with Gasteiger partial charge in [0, 0.05) is 17.9 Å². The van der Waals surface area contributed by atoms with Crippen molar-refractivity contribution in [3.05, 3.63) is 65.7 Å². The molecule has 41 heavy (non-hydrogen) atoms. The van der Waals surface area contributed by atoms with Gasteiger partial charge in [0.1, 0.15) is 11.8 Å². The molecule has 0 radical (unpaired) electrons. The Kier molecular flexibility index (Phi) is 10.5. The van der Waals surface area contributed by atoms with Crippen LogP contribution < -0.4 is 21.5 Å². The summed E-state index contributed by atoms with van der Waals surface area (Å²) < 4.78 is 11.5. The molecule has 0 bridgehead atoms. The monoisotopic (exact) mass is 563 g/mol. The first-order valence-electron chi connectivity index (χ1n) is 14.6. The van der Waals surface area contributed by atoms with Crippen LogP contribution in [0.5, 0.6) is 5.75 Å². The van der Waals surface area contributed by atoms with Crippen LogP contribution in [-0.2, 0) is 25.5 Å². The second-order valence-corrected chi connectivity index (χ2v) is 11.3. The number of benzene rings is 2. The van der Waals surface area contributed by atoms with E-state index >= 15 is 0 Å². The van der Waals surface area contributed by atoms with Gasteiger partial charge in [0.05, 0.1) is 0 Å². The van der Waals surface area contributed by atoms with Gasteiger partial charge in [-0.3, -0.25) is 14.4 Å². The van der Waals surface area contributed by atoms with Crippen molar-refractivity contribution in [2.75, 3.05) is 13.2 Å². The number of nitrogens with two attached hydrogens (primary N) is 2. The molecule has 5 N–H and O–H groups in total. The molecule has 2 aliphatic carbocycles. The number of carbonyl (C=O) groups excluding carboxylic acids is 4. The van der Waals surface area contributed by atoms with Crippen molar-refractivity contribution in [3.8, 4) is 5.75 Å². The predicted molar refractivity (Wildman–Crippen MR) is 154 cm³/mol. The molecule has 9 heteroatoms. The Morgan fingerprint density at radius 2 is 1.56 bits per heavy atom. The van der Waals surface area contributed by atoms with Gasteiger partial charge in [0.2, 0.25) is 5.91 Å². The highest BCUT2D eigenvalue weighted by Gasteiger charge is 2.43. The summed E-state index contributed by atoms with van der Waals surface area (Å²) in [6, 6.07) is 14.9. The lowest BCUT2D eigenvalue weighted by Crippen LogP contribution is -2.54. The Morgan fingerprint density at radius 3 is 2.17 bits per heavy atom. The van der Waals surface area contributed by atoms with Crippen LogP contribution in [0, 0.1) is 11.8 Å². The molecule has 220 valence electrons. The van der Waals surface area contributed by atoms with Crippen LogP contribution in [0.1, 0.15) is 73.7 Å². The molecule has 2 aliphatic rings. The maximum atomic E-state index is 13.5. The van der Waals surface area contributed by atoms with E-state index in [9.17, 15) is 19.2 Å². The average molecular weight is 564 g/mol. The number of ketones is 1. The van der Waals surface area contributed by atoms with Gasteiger partial charge in [0.25, 0.3) is 5.91 Å². The van der Waals surface area contributed by atoms with Crippen molar-refractivity contribution in [2.45, 2.75) is 75.9 Å². The number of rotatable bonds is 12. The van der Waals surface area contributed by atoms with Crippen molar-refractivity contribution < 1.29 is 28.7 Å². The van der Waals surface area contributed by atoms with Gasteiger partial charge < -0.3 is 26.3 Å². The Labute approximate surface area is 241 Å². The summed E-state index contributed by atoms with van der Waals surface area (Å²) >= 11 is 0. The molecule has 2 fully saturated rings. The normalized spacial score (nSPS) is 20.8. The van der Waals surface area contributed by atoms with Crippen LogP contribution in [0.4, 0.5) is 0 Å². The third-order valence-corrected chi connectivity index (χ3v) is 8.39. The van der Waals surface area contributed by atoms with Crippen LogP contribution in [-0.4, -0.2) is 48.4 Å². The van der Waals surface area contributed by atoms with Crippen LogP contribution in [0.25, 0.3) is 0 Å². The fourth-order valence-electron chi connectivity index (χ4n) is 5.74. The van der Waals surface area contributed by atoms with E-state index in [1.165, 1.54) is 0 Å². The summed E-state index contributed by atoms with van der Waals surface area (Å²) in [5.74, 6) is -0.917. The van der Waals surface area contributed by atoms with E-state index in [1.807, 2.05) is 6.07 Å². The molecule has 0 spiro atoms. The molecule has 4 rings (SSSR count). The minimum absolute atomic E-state index is 0.101. The predicted octanol–water partition coefficient (Wildman–Crippen LogP) is 3.47. The summed E-state index contributed by atoms with van der Waals surface area (Å²) in [7, 11) is 0. The van der Waals surface area contributed by atoms with E-state index < -0.39 is 23.5 Å². The van der Waals surface area contributed by atoms with Gasteiger partial charge >= 0.3 is 5.97 Å². The van der Waals surface area contributed by atoms with Gasteiger partial charge in [-0.05, 0) is 81.5 Å². The van der Waals surface area contributed by atoms with Gasteiger partial charge in [-0.25, -0.2) is 4.79 Å². The highest BCUT2D eigenvalue weighted by atomic mass is 16.6. The Hall–Kier alpha value is -3.72. The lowest BCUT2D eigenvalue weighted by atomic mass is 9.81. The summed E-state index contributed by atoms with van der Waals surface area (Å²) in [6.07, 6.45) is 6.55. The molecule has 2 aromatic carbocycles. The second-order valence-electron chi connectivity index (χ2n) is 11.3. The number of Topliss-reactive ketones (excluding diaryl/α,β-unsaturated/α-hetero) is 1. The molecule has 0 unspecified atom stereocenters. The van der Waals surface area contributed by atoms with Crippen molar-refractivity contribution >= 4 is 23.6 Å². The van der Waals surface area contributed by atoms with Gasteiger partial charge in [-0.15, -0.1) is 0 Å². The number of amides is 2. The number of primary amides is 1. The van der Waals surface area contributed by atoms with Crippen LogP contribution in [0.15, 0.2) is 54.6 Å². The minimum Gasteiger partial charge on any atom is -0.485 e. The fraction of sp³-hybridized carbons (Fsp3) is 0.500. The number of hydrogen-bond donors (Lipinski definition) is 3. The van der Waals surface area contributed by atoms with E-state index in [0.717, 1.165) is 37.7 Å². The first-order chi connectivity index (χ1) is 19.8. The van der Waals surface area contributed by atoms with E-state index in [0.29, 0.717) is 49.5 Å². The van der Waals surface area contributed by atoms with Crippen LogP contribution in [0.2, 0.25) is 0 Å². The molecule has 0 aliphatic heterocycles. The zero-order valence-electron chi connectivity index (χ0n) is 23.5. The molecule has 0 saturated heterocycles. The van der Waals surface area contributed by atoms with Crippen LogP contribution in [0.3, 0.4) is 0 Å². The maximum absolute atomic E-state index is 13.5. The third-order valence-electron chi connectivity index (χ3n) is 8.39. The molecule has 2 saturated carbocycles. The first kappa shape index (κ1) is 30.2. The zero-order chi connectivity index (χ0) is 29.2. The minimum atomic E-state index is -1.35. The number of esters is 1.